The molecule has 156 valence electrons. The molecule has 1 heteroatoms. The van der Waals surface area contributed by atoms with Crippen LogP contribution in [0.3, 0.4) is 0 Å². The van der Waals surface area contributed by atoms with Gasteiger partial charge in [-0.15, -0.1) is 0 Å². The van der Waals surface area contributed by atoms with Crippen LogP contribution >= 0.6 is 0 Å². The second kappa shape index (κ2) is 8.29. The molecule has 0 amide bonds. The third kappa shape index (κ3) is 3.54. The minimum atomic E-state index is 1.19. The minimum Gasteiger partial charge on any atom is -0.309 e. The lowest BCUT2D eigenvalue weighted by Gasteiger charge is -2.14. The molecule has 0 unspecified atom stereocenters. The van der Waals surface area contributed by atoms with Crippen LogP contribution in [0.4, 0.5) is 0 Å². The molecule has 0 radical (unpaired) electrons. The molecule has 0 saturated carbocycles. The van der Waals surface area contributed by atoms with E-state index in [-0.39, 0.29) is 0 Å². The molecule has 6 aromatic rings. The van der Waals surface area contributed by atoms with Gasteiger partial charge in [-0.25, -0.2) is 0 Å². The van der Waals surface area contributed by atoms with E-state index >= 15 is 0 Å². The van der Waals surface area contributed by atoms with Crippen molar-refractivity contribution in [1.29, 1.82) is 0 Å². The first kappa shape index (κ1) is 19.3. The third-order valence-electron chi connectivity index (χ3n) is 6.19. The van der Waals surface area contributed by atoms with Crippen LogP contribution in [0.25, 0.3) is 50.8 Å². The van der Waals surface area contributed by atoms with Crippen molar-refractivity contribution in [2.45, 2.75) is 0 Å². The fraction of sp³-hybridized carbons (Fsp3) is 0. The predicted octanol–water partition coefficient (Wildman–Crippen LogP) is 8.62. The summed E-state index contributed by atoms with van der Waals surface area (Å²) in [5, 5.41) is 2.56. The van der Waals surface area contributed by atoms with Gasteiger partial charge in [0.1, 0.15) is 0 Å². The summed E-state index contributed by atoms with van der Waals surface area (Å²) in [4.78, 5) is 0. The minimum absolute atomic E-state index is 1.19. The summed E-state index contributed by atoms with van der Waals surface area (Å²) in [7, 11) is 0. The van der Waals surface area contributed by atoms with Crippen LogP contribution in [0.2, 0.25) is 0 Å². The van der Waals surface area contributed by atoms with Gasteiger partial charge in [-0.3, -0.25) is 0 Å². The Hall–Kier alpha value is -4.36. The number of nitrogens with zero attached hydrogens (tertiary/aromatic N) is 1. The molecule has 0 N–H and O–H groups in total. The fourth-order valence-corrected chi connectivity index (χ4v) is 4.66. The van der Waals surface area contributed by atoms with Crippen LogP contribution in [0.1, 0.15) is 11.1 Å². The smallest absolute Gasteiger partial charge is 0.0541 e. The molecule has 33 heavy (non-hydrogen) atoms. The standard InChI is InChI=1S/C32H23N/c1-2-11-24(12-3-1)21-22-25-13-10-14-26(23-25)27-15-4-7-18-30(27)33-31-19-8-5-16-28(31)29-17-6-9-20-32(29)33/h1-23H/b22-21+. The van der Waals surface area contributed by atoms with Gasteiger partial charge in [0.2, 0.25) is 0 Å². The van der Waals surface area contributed by atoms with Crippen LogP contribution in [-0.2, 0) is 0 Å². The van der Waals surface area contributed by atoms with Crippen molar-refractivity contribution in [1.82, 2.24) is 4.57 Å². The number of rotatable bonds is 4. The highest BCUT2D eigenvalue weighted by atomic mass is 15.0. The Labute approximate surface area is 193 Å². The Kier molecular flexibility index (Phi) is 4.86. The SMILES string of the molecule is C(=C\c1cccc(-c2ccccc2-n2c3ccccc3c3ccccc32)c1)/c1ccccc1. The number of para-hydroxylation sites is 3. The lowest BCUT2D eigenvalue weighted by molar-refractivity contribution is 1.18. The molecule has 0 spiro atoms. The van der Waals surface area contributed by atoms with E-state index < -0.39 is 0 Å². The summed E-state index contributed by atoms with van der Waals surface area (Å²) in [6.45, 7) is 0. The van der Waals surface area contributed by atoms with Gasteiger partial charge >= 0.3 is 0 Å². The summed E-state index contributed by atoms with van der Waals surface area (Å²) >= 11 is 0. The van der Waals surface area contributed by atoms with E-state index in [1.807, 2.05) is 6.07 Å². The highest BCUT2D eigenvalue weighted by Gasteiger charge is 2.14. The zero-order valence-corrected chi connectivity index (χ0v) is 18.2. The van der Waals surface area contributed by atoms with Gasteiger partial charge < -0.3 is 4.57 Å². The number of fused-ring (bicyclic) bond motifs is 3. The van der Waals surface area contributed by atoms with E-state index in [0.29, 0.717) is 0 Å². The van der Waals surface area contributed by atoms with Crippen molar-refractivity contribution in [3.8, 4) is 16.8 Å². The van der Waals surface area contributed by atoms with Gasteiger partial charge in [0.25, 0.3) is 0 Å². The summed E-state index contributed by atoms with van der Waals surface area (Å²) < 4.78 is 2.40. The van der Waals surface area contributed by atoms with Crippen molar-refractivity contribution in [2.24, 2.45) is 0 Å². The Balaban J connectivity index is 1.51. The maximum Gasteiger partial charge on any atom is 0.0541 e. The van der Waals surface area contributed by atoms with Gasteiger partial charge in [0, 0.05) is 16.3 Å². The van der Waals surface area contributed by atoms with Crippen molar-refractivity contribution < 1.29 is 0 Å². The Bertz CT molecular complexity index is 1550. The maximum absolute atomic E-state index is 2.40. The monoisotopic (exact) mass is 421 g/mol. The molecule has 5 aromatic carbocycles. The molecule has 0 atom stereocenters. The van der Waals surface area contributed by atoms with Gasteiger partial charge in [-0.2, -0.15) is 0 Å². The zero-order valence-electron chi connectivity index (χ0n) is 18.2. The van der Waals surface area contributed by atoms with Crippen molar-refractivity contribution in [3.63, 3.8) is 0 Å². The van der Waals surface area contributed by atoms with Crippen molar-refractivity contribution >= 4 is 34.0 Å². The topological polar surface area (TPSA) is 4.93 Å². The van der Waals surface area contributed by atoms with Gasteiger partial charge in [0.15, 0.2) is 0 Å². The lowest BCUT2D eigenvalue weighted by atomic mass is 10.0. The van der Waals surface area contributed by atoms with Crippen LogP contribution in [0.5, 0.6) is 0 Å². The van der Waals surface area contributed by atoms with E-state index in [9.17, 15) is 0 Å². The van der Waals surface area contributed by atoms with E-state index in [2.05, 4.69) is 138 Å². The number of hydrogen-bond donors (Lipinski definition) is 0. The van der Waals surface area contributed by atoms with Gasteiger partial charge in [-0.05, 0) is 41.0 Å². The quantitative estimate of drug-likeness (QED) is 0.251. The highest BCUT2D eigenvalue weighted by molar-refractivity contribution is 6.09. The molecule has 0 aliphatic rings. The van der Waals surface area contributed by atoms with Gasteiger partial charge in [0.05, 0.1) is 16.7 Å². The summed E-state index contributed by atoms with van der Waals surface area (Å²) in [5.41, 5.74) is 8.47. The maximum atomic E-state index is 2.40. The first-order chi connectivity index (χ1) is 16.4. The molecule has 0 bridgehead atoms. The predicted molar refractivity (Wildman–Crippen MR) is 142 cm³/mol. The Morgan fingerprint density at radius 1 is 0.455 bits per heavy atom. The Morgan fingerprint density at radius 2 is 1.03 bits per heavy atom. The van der Waals surface area contributed by atoms with Crippen molar-refractivity contribution in [3.05, 3.63) is 139 Å². The number of aromatic nitrogens is 1. The average molecular weight is 422 g/mol. The summed E-state index contributed by atoms with van der Waals surface area (Å²) in [6, 6.07) is 45.2. The molecule has 0 aliphatic heterocycles. The third-order valence-corrected chi connectivity index (χ3v) is 6.19. The highest BCUT2D eigenvalue weighted by Crippen LogP contribution is 2.36. The van der Waals surface area contributed by atoms with E-state index in [1.165, 1.54) is 49.7 Å². The summed E-state index contributed by atoms with van der Waals surface area (Å²) in [5.74, 6) is 0. The summed E-state index contributed by atoms with van der Waals surface area (Å²) in [6.07, 6.45) is 4.35. The first-order valence-electron chi connectivity index (χ1n) is 11.3. The lowest BCUT2D eigenvalue weighted by Crippen LogP contribution is -1.97. The van der Waals surface area contributed by atoms with Gasteiger partial charge in [-0.1, -0.05) is 115 Å². The van der Waals surface area contributed by atoms with Crippen LogP contribution in [-0.4, -0.2) is 4.57 Å². The second-order valence-corrected chi connectivity index (χ2v) is 8.26. The molecule has 1 aromatic heterocycles. The zero-order chi connectivity index (χ0) is 22.0. The molecular formula is C32H23N. The first-order valence-corrected chi connectivity index (χ1v) is 11.3. The van der Waals surface area contributed by atoms with E-state index in [0.717, 1.165) is 0 Å². The molecule has 6 rings (SSSR count). The number of benzene rings is 5. The molecule has 0 fully saturated rings. The fourth-order valence-electron chi connectivity index (χ4n) is 4.66. The normalized spacial score (nSPS) is 11.5. The van der Waals surface area contributed by atoms with Crippen LogP contribution < -0.4 is 0 Å². The Morgan fingerprint density at radius 3 is 1.79 bits per heavy atom. The van der Waals surface area contributed by atoms with E-state index in [4.69, 9.17) is 0 Å². The average Bonchev–Trinajstić information content (AvgIpc) is 3.23. The van der Waals surface area contributed by atoms with E-state index in [1.54, 1.807) is 0 Å². The van der Waals surface area contributed by atoms with Crippen molar-refractivity contribution in [2.75, 3.05) is 0 Å². The number of hydrogen-bond acceptors (Lipinski definition) is 0. The molecule has 1 nitrogen and oxygen atoms in total. The molecular weight excluding hydrogens is 398 g/mol. The second-order valence-electron chi connectivity index (χ2n) is 8.26. The molecule has 0 saturated heterocycles. The largest absolute Gasteiger partial charge is 0.309 e. The molecule has 0 aliphatic carbocycles. The van der Waals surface area contributed by atoms with Crippen LogP contribution in [0, 0.1) is 0 Å². The van der Waals surface area contributed by atoms with Crippen LogP contribution in [0.15, 0.2) is 127 Å². The molecule has 1 heterocycles.